The van der Waals surface area contributed by atoms with Crippen LogP contribution in [-0.2, 0) is 16.1 Å². The molecule has 0 aliphatic carbocycles. The van der Waals surface area contributed by atoms with Crippen molar-refractivity contribution in [2.45, 2.75) is 25.7 Å². The molecule has 1 aromatic heterocycles. The van der Waals surface area contributed by atoms with Gasteiger partial charge in [-0.3, -0.25) is 4.79 Å². The molecule has 1 amide bonds. The molecule has 1 heterocycles. The number of halogens is 2. The van der Waals surface area contributed by atoms with Gasteiger partial charge in [-0.1, -0.05) is 11.6 Å². The fourth-order valence-corrected chi connectivity index (χ4v) is 3.79. The fourth-order valence-electron chi connectivity index (χ4n) is 2.82. The summed E-state index contributed by atoms with van der Waals surface area (Å²) in [6.45, 7) is 1.08. The molecule has 174 valence electrons. The first-order chi connectivity index (χ1) is 15.7. The molecule has 8 nitrogen and oxygen atoms in total. The first kappa shape index (κ1) is 24.4. The Morgan fingerprint density at radius 1 is 1.27 bits per heavy atom. The Labute approximate surface area is 197 Å². The molecule has 0 spiro atoms. The number of phenols is 1. The number of benzene rings is 2. The Bertz CT molecular complexity index is 1170. The molecule has 0 aliphatic heterocycles. The number of amides is 1. The van der Waals surface area contributed by atoms with Crippen LogP contribution in [0.3, 0.4) is 0 Å². The second-order valence-electron chi connectivity index (χ2n) is 6.95. The number of carbonyl (C=O) groups is 2. The molecule has 0 saturated heterocycles. The third-order valence-corrected chi connectivity index (χ3v) is 5.71. The molecular formula is C22H20ClFN2O6S. The second kappa shape index (κ2) is 10.6. The SMILES string of the molecule is COc1cc(-c2nc(COC(=O)C(NC(=O)c3cc(Cl)ccc3F)C(C)O)cs2)ccc1O. The van der Waals surface area contributed by atoms with E-state index in [2.05, 4.69) is 10.3 Å². The average molecular weight is 495 g/mol. The molecule has 0 saturated carbocycles. The topological polar surface area (TPSA) is 118 Å². The van der Waals surface area contributed by atoms with Gasteiger partial charge in [0.1, 0.15) is 17.4 Å². The molecule has 3 rings (SSSR count). The highest BCUT2D eigenvalue weighted by molar-refractivity contribution is 7.13. The van der Waals surface area contributed by atoms with Gasteiger partial charge in [0, 0.05) is 16.0 Å². The van der Waals surface area contributed by atoms with Gasteiger partial charge in [0.15, 0.2) is 17.5 Å². The molecule has 33 heavy (non-hydrogen) atoms. The van der Waals surface area contributed by atoms with Crippen LogP contribution in [0, 0.1) is 5.82 Å². The van der Waals surface area contributed by atoms with Crippen LogP contribution in [0.25, 0.3) is 10.6 Å². The number of aliphatic hydroxyl groups excluding tert-OH is 1. The lowest BCUT2D eigenvalue weighted by atomic mass is 10.1. The van der Waals surface area contributed by atoms with Crippen molar-refractivity contribution in [3.63, 3.8) is 0 Å². The monoisotopic (exact) mass is 494 g/mol. The van der Waals surface area contributed by atoms with E-state index < -0.39 is 29.8 Å². The molecule has 2 atom stereocenters. The summed E-state index contributed by atoms with van der Waals surface area (Å²) in [6, 6.07) is 6.76. The number of hydrogen-bond acceptors (Lipinski definition) is 8. The highest BCUT2D eigenvalue weighted by Crippen LogP contribution is 2.32. The van der Waals surface area contributed by atoms with Crippen molar-refractivity contribution >= 4 is 34.8 Å². The predicted octanol–water partition coefficient (Wildman–Crippen LogP) is 3.54. The van der Waals surface area contributed by atoms with E-state index >= 15 is 0 Å². The summed E-state index contributed by atoms with van der Waals surface area (Å²) in [4.78, 5) is 29.3. The van der Waals surface area contributed by atoms with Gasteiger partial charge < -0.3 is 25.0 Å². The Kier molecular flexibility index (Phi) is 7.85. The predicted molar refractivity (Wildman–Crippen MR) is 120 cm³/mol. The number of rotatable bonds is 8. The lowest BCUT2D eigenvalue weighted by Crippen LogP contribution is -2.48. The molecule has 11 heteroatoms. The van der Waals surface area contributed by atoms with Crippen LogP contribution in [-0.4, -0.2) is 46.3 Å². The zero-order chi connectivity index (χ0) is 24.1. The van der Waals surface area contributed by atoms with E-state index in [-0.39, 0.29) is 22.9 Å². The number of ether oxygens (including phenoxy) is 2. The van der Waals surface area contributed by atoms with Crippen LogP contribution in [0.2, 0.25) is 5.02 Å². The average Bonchev–Trinajstić information content (AvgIpc) is 3.26. The van der Waals surface area contributed by atoms with E-state index in [9.17, 15) is 24.2 Å². The first-order valence-electron chi connectivity index (χ1n) is 9.62. The van der Waals surface area contributed by atoms with Gasteiger partial charge in [0.25, 0.3) is 5.91 Å². The highest BCUT2D eigenvalue weighted by atomic mass is 35.5. The van der Waals surface area contributed by atoms with Crippen LogP contribution in [0.1, 0.15) is 23.0 Å². The quantitative estimate of drug-likeness (QED) is 0.410. The van der Waals surface area contributed by atoms with Crippen molar-refractivity contribution in [3.8, 4) is 22.1 Å². The number of thiazole rings is 1. The third kappa shape index (κ3) is 5.98. The normalized spacial score (nSPS) is 12.6. The van der Waals surface area contributed by atoms with Crippen molar-refractivity contribution in [3.05, 3.63) is 63.9 Å². The Morgan fingerprint density at radius 2 is 2.03 bits per heavy atom. The number of aromatic hydroxyl groups is 1. The van der Waals surface area contributed by atoms with Crippen molar-refractivity contribution in [1.29, 1.82) is 0 Å². The van der Waals surface area contributed by atoms with Gasteiger partial charge in [-0.25, -0.2) is 14.2 Å². The van der Waals surface area contributed by atoms with Gasteiger partial charge >= 0.3 is 5.97 Å². The van der Waals surface area contributed by atoms with Crippen molar-refractivity contribution in [1.82, 2.24) is 10.3 Å². The van der Waals surface area contributed by atoms with E-state index in [1.165, 1.54) is 37.5 Å². The van der Waals surface area contributed by atoms with Crippen molar-refractivity contribution in [2.24, 2.45) is 0 Å². The largest absolute Gasteiger partial charge is 0.504 e. The highest BCUT2D eigenvalue weighted by Gasteiger charge is 2.29. The van der Waals surface area contributed by atoms with E-state index in [4.69, 9.17) is 21.1 Å². The molecule has 0 aliphatic rings. The molecule has 2 aromatic carbocycles. The Hall–Kier alpha value is -3.21. The summed E-state index contributed by atoms with van der Waals surface area (Å²) in [6.07, 6.45) is -1.31. The molecular weight excluding hydrogens is 475 g/mol. The number of nitrogens with zero attached hydrogens (tertiary/aromatic N) is 1. The van der Waals surface area contributed by atoms with E-state index in [1.54, 1.807) is 17.5 Å². The number of esters is 1. The number of aromatic nitrogens is 1. The van der Waals surface area contributed by atoms with Gasteiger partial charge in [0.05, 0.1) is 24.5 Å². The van der Waals surface area contributed by atoms with Crippen LogP contribution in [0.4, 0.5) is 4.39 Å². The number of carbonyl (C=O) groups excluding carboxylic acids is 2. The van der Waals surface area contributed by atoms with Crippen LogP contribution < -0.4 is 10.1 Å². The summed E-state index contributed by atoms with van der Waals surface area (Å²) in [5, 5.41) is 24.4. The summed E-state index contributed by atoms with van der Waals surface area (Å²) >= 11 is 7.09. The molecule has 0 fully saturated rings. The summed E-state index contributed by atoms with van der Waals surface area (Å²) in [5.74, 6) is -2.37. The Morgan fingerprint density at radius 3 is 2.73 bits per heavy atom. The number of hydrogen-bond donors (Lipinski definition) is 3. The Balaban J connectivity index is 1.66. The number of aliphatic hydroxyl groups is 1. The van der Waals surface area contributed by atoms with Gasteiger partial charge in [-0.2, -0.15) is 0 Å². The van der Waals surface area contributed by atoms with E-state index in [0.29, 0.717) is 22.0 Å². The van der Waals surface area contributed by atoms with E-state index in [0.717, 1.165) is 12.1 Å². The maximum Gasteiger partial charge on any atom is 0.331 e. The number of methoxy groups -OCH3 is 1. The van der Waals surface area contributed by atoms with Crippen LogP contribution >= 0.6 is 22.9 Å². The van der Waals surface area contributed by atoms with Crippen LogP contribution in [0.15, 0.2) is 41.8 Å². The lowest BCUT2D eigenvalue weighted by Gasteiger charge is -2.20. The standard InChI is InChI=1S/C22H20ClFN2O6S/c1-11(27)19(26-20(29)15-8-13(23)4-5-16(15)24)22(30)32-9-14-10-33-21(25-14)12-3-6-17(28)18(7-12)31-2/h3-8,10-11,19,27-28H,9H2,1-2H3,(H,26,29). The van der Waals surface area contributed by atoms with Gasteiger partial charge in [-0.15, -0.1) is 11.3 Å². The molecule has 2 unspecified atom stereocenters. The summed E-state index contributed by atoms with van der Waals surface area (Å²) in [5.41, 5.74) is 0.770. The second-order valence-corrected chi connectivity index (χ2v) is 8.25. The fraction of sp³-hybridized carbons (Fsp3) is 0.227. The molecule has 0 radical (unpaired) electrons. The summed E-state index contributed by atoms with van der Waals surface area (Å²) < 4.78 is 24.2. The molecule has 3 N–H and O–H groups in total. The summed E-state index contributed by atoms with van der Waals surface area (Å²) in [7, 11) is 1.43. The smallest absolute Gasteiger partial charge is 0.331 e. The van der Waals surface area contributed by atoms with Crippen LogP contribution in [0.5, 0.6) is 11.5 Å². The van der Waals surface area contributed by atoms with Crippen molar-refractivity contribution < 1.29 is 33.7 Å². The zero-order valence-corrected chi connectivity index (χ0v) is 19.1. The molecule has 0 bridgehead atoms. The van der Waals surface area contributed by atoms with Gasteiger partial charge in [-0.05, 0) is 43.3 Å². The number of phenolic OH excluding ortho intramolecular Hbond substituents is 1. The minimum atomic E-state index is -1.43. The molecule has 3 aromatic rings. The first-order valence-corrected chi connectivity index (χ1v) is 10.9. The third-order valence-electron chi connectivity index (χ3n) is 4.54. The maximum absolute atomic E-state index is 13.9. The minimum Gasteiger partial charge on any atom is -0.504 e. The van der Waals surface area contributed by atoms with Gasteiger partial charge in [0.2, 0.25) is 0 Å². The van der Waals surface area contributed by atoms with Crippen molar-refractivity contribution in [2.75, 3.05) is 7.11 Å². The lowest BCUT2D eigenvalue weighted by molar-refractivity contribution is -0.150. The zero-order valence-electron chi connectivity index (χ0n) is 17.5. The minimum absolute atomic E-state index is 0.00386. The van der Waals surface area contributed by atoms with E-state index in [1.807, 2.05) is 0 Å². The number of nitrogens with one attached hydrogen (secondary N) is 1. The maximum atomic E-state index is 13.9.